The van der Waals surface area contributed by atoms with Gasteiger partial charge in [0.1, 0.15) is 0 Å². The van der Waals surface area contributed by atoms with E-state index in [1.165, 1.54) is 0 Å². The molecule has 2 aromatic carbocycles. The molecule has 0 spiro atoms. The van der Waals surface area contributed by atoms with Crippen molar-refractivity contribution in [2.24, 2.45) is 5.11 Å². The predicted octanol–water partition coefficient (Wildman–Crippen LogP) is 4.06. The molecule has 0 heterocycles. The summed E-state index contributed by atoms with van der Waals surface area (Å²) >= 11 is 0. The first-order chi connectivity index (χ1) is 9.31. The van der Waals surface area contributed by atoms with E-state index in [9.17, 15) is 4.79 Å². The maximum Gasteiger partial charge on any atom is 0.249 e. The second-order valence-electron chi connectivity index (χ2n) is 3.83. The van der Waals surface area contributed by atoms with Gasteiger partial charge in [-0.25, -0.2) is 0 Å². The molecule has 4 nitrogen and oxygen atoms in total. The van der Waals surface area contributed by atoms with Crippen LogP contribution in [0.5, 0.6) is 0 Å². The number of amides is 1. The molecule has 4 heteroatoms. The van der Waals surface area contributed by atoms with Crippen LogP contribution in [-0.4, -0.2) is 5.91 Å². The molecule has 0 unspecified atom stereocenters. The summed E-state index contributed by atoms with van der Waals surface area (Å²) in [6.45, 7) is 0. The van der Waals surface area contributed by atoms with Gasteiger partial charge in [-0.05, 0) is 27.8 Å². The molecular weight excluding hydrogens is 238 g/mol. The van der Waals surface area contributed by atoms with Gasteiger partial charge in [0.25, 0.3) is 0 Å². The normalized spacial score (nSPS) is 10.6. The number of nitrogens with zero attached hydrogens (tertiary/aromatic N) is 3. The summed E-state index contributed by atoms with van der Waals surface area (Å²) in [6.07, 6.45) is 1.71. The van der Waals surface area contributed by atoms with Crippen molar-refractivity contribution in [2.75, 3.05) is 0 Å². The highest BCUT2D eigenvalue weighted by Gasteiger charge is 2.09. The molecule has 19 heavy (non-hydrogen) atoms. The Morgan fingerprint density at radius 1 is 1.00 bits per heavy atom. The fraction of sp³-hybridized carbons (Fsp3) is 0. The molecule has 0 aliphatic heterocycles. The van der Waals surface area contributed by atoms with Gasteiger partial charge < -0.3 is 0 Å². The summed E-state index contributed by atoms with van der Waals surface area (Å²) < 4.78 is 0. The van der Waals surface area contributed by atoms with Crippen molar-refractivity contribution >= 4 is 17.6 Å². The van der Waals surface area contributed by atoms with E-state index in [4.69, 9.17) is 5.53 Å². The molecule has 2 aromatic rings. The first-order valence-corrected chi connectivity index (χ1v) is 5.73. The van der Waals surface area contributed by atoms with Gasteiger partial charge in [-0.2, -0.15) is 0 Å². The largest absolute Gasteiger partial charge is 0.287 e. The number of hydrogen-bond acceptors (Lipinski definition) is 1. The monoisotopic (exact) mass is 249 g/mol. The van der Waals surface area contributed by atoms with Crippen molar-refractivity contribution in [1.29, 1.82) is 0 Å². The van der Waals surface area contributed by atoms with Crippen LogP contribution in [0.1, 0.15) is 11.1 Å². The maximum absolute atomic E-state index is 11.9. The van der Waals surface area contributed by atoms with Crippen molar-refractivity contribution in [3.63, 3.8) is 0 Å². The van der Waals surface area contributed by atoms with Gasteiger partial charge in [-0.1, -0.05) is 60.7 Å². The summed E-state index contributed by atoms with van der Waals surface area (Å²) in [4.78, 5) is 14.4. The molecule has 92 valence electrons. The molecule has 2 rings (SSSR count). The third-order valence-corrected chi connectivity index (χ3v) is 2.56. The van der Waals surface area contributed by atoms with E-state index in [2.05, 4.69) is 10.0 Å². The number of hydrogen-bond donors (Lipinski definition) is 0. The molecule has 1 amide bonds. The van der Waals surface area contributed by atoms with Gasteiger partial charge in [0, 0.05) is 10.5 Å². The summed E-state index contributed by atoms with van der Waals surface area (Å²) in [5.74, 6) is -0.586. The Hall–Kier alpha value is -2.84. The molecule has 0 aromatic heterocycles. The fourth-order valence-corrected chi connectivity index (χ4v) is 1.70. The zero-order chi connectivity index (χ0) is 13.5. The van der Waals surface area contributed by atoms with Crippen LogP contribution in [-0.2, 0) is 4.79 Å². The second kappa shape index (κ2) is 6.19. The topological polar surface area (TPSA) is 65.8 Å². The van der Waals surface area contributed by atoms with Crippen LogP contribution in [0.15, 0.2) is 65.8 Å². The SMILES string of the molecule is [N-]=[N+]=NC(=O)/C(=C/c1ccccc1)c1ccccc1. The molecule has 0 radical (unpaired) electrons. The minimum absolute atomic E-state index is 0.379. The number of benzene rings is 2. The molecule has 0 fully saturated rings. The highest BCUT2D eigenvalue weighted by Crippen LogP contribution is 2.19. The van der Waals surface area contributed by atoms with Gasteiger partial charge >= 0.3 is 0 Å². The molecular formula is C15H11N3O. The van der Waals surface area contributed by atoms with Crippen molar-refractivity contribution in [3.8, 4) is 0 Å². The zero-order valence-corrected chi connectivity index (χ0v) is 10.1. The summed E-state index contributed by atoms with van der Waals surface area (Å²) in [7, 11) is 0. The van der Waals surface area contributed by atoms with Gasteiger partial charge in [-0.3, -0.25) is 4.79 Å². The molecule has 0 atom stereocenters. The Balaban J connectivity index is 2.49. The lowest BCUT2D eigenvalue weighted by Gasteiger charge is -2.03. The Labute approximate surface area is 110 Å². The lowest BCUT2D eigenvalue weighted by molar-refractivity contribution is -0.112. The van der Waals surface area contributed by atoms with E-state index < -0.39 is 5.91 Å². The van der Waals surface area contributed by atoms with E-state index in [1.54, 1.807) is 18.2 Å². The average Bonchev–Trinajstić information content (AvgIpc) is 2.47. The number of carbonyl (C=O) groups excluding carboxylic acids is 1. The average molecular weight is 249 g/mol. The number of azide groups is 1. The lowest BCUT2D eigenvalue weighted by Crippen LogP contribution is -1.97. The Kier molecular flexibility index (Phi) is 4.11. The first-order valence-electron chi connectivity index (χ1n) is 5.73. The van der Waals surface area contributed by atoms with E-state index in [0.717, 1.165) is 11.1 Å². The van der Waals surface area contributed by atoms with Crippen LogP contribution >= 0.6 is 0 Å². The smallest absolute Gasteiger partial charge is 0.249 e. The second-order valence-corrected chi connectivity index (χ2v) is 3.83. The van der Waals surface area contributed by atoms with Gasteiger partial charge in [-0.15, -0.1) is 0 Å². The first kappa shape index (κ1) is 12.6. The summed E-state index contributed by atoms with van der Waals surface area (Å²) in [6, 6.07) is 18.6. The molecule has 0 saturated heterocycles. The lowest BCUT2D eigenvalue weighted by atomic mass is 10.0. The van der Waals surface area contributed by atoms with E-state index >= 15 is 0 Å². The Morgan fingerprint density at radius 2 is 1.58 bits per heavy atom. The standard InChI is InChI=1S/C15H11N3O/c16-18-17-15(19)14(13-9-5-2-6-10-13)11-12-7-3-1-4-8-12/h1-11H/b14-11+. The van der Waals surface area contributed by atoms with Crippen LogP contribution in [0, 0.1) is 0 Å². The minimum Gasteiger partial charge on any atom is -0.287 e. The summed E-state index contributed by atoms with van der Waals surface area (Å²) in [5.41, 5.74) is 10.4. The van der Waals surface area contributed by atoms with Crippen molar-refractivity contribution in [2.45, 2.75) is 0 Å². The van der Waals surface area contributed by atoms with Gasteiger partial charge in [0.2, 0.25) is 5.91 Å². The third kappa shape index (κ3) is 3.31. The quantitative estimate of drug-likeness (QED) is 0.266. The predicted molar refractivity (Wildman–Crippen MR) is 74.9 cm³/mol. The van der Waals surface area contributed by atoms with E-state index in [0.29, 0.717) is 5.57 Å². The molecule has 0 aliphatic carbocycles. The molecule has 0 bridgehead atoms. The highest BCUT2D eigenvalue weighted by atomic mass is 16.1. The van der Waals surface area contributed by atoms with Crippen molar-refractivity contribution in [1.82, 2.24) is 0 Å². The van der Waals surface area contributed by atoms with Crippen molar-refractivity contribution in [3.05, 3.63) is 82.2 Å². The van der Waals surface area contributed by atoms with E-state index in [-0.39, 0.29) is 0 Å². The third-order valence-electron chi connectivity index (χ3n) is 2.56. The maximum atomic E-state index is 11.9. The molecule has 0 N–H and O–H groups in total. The van der Waals surface area contributed by atoms with Gasteiger partial charge in [0.15, 0.2) is 0 Å². The van der Waals surface area contributed by atoms with E-state index in [1.807, 2.05) is 48.5 Å². The fourth-order valence-electron chi connectivity index (χ4n) is 1.70. The van der Waals surface area contributed by atoms with Crippen molar-refractivity contribution < 1.29 is 4.79 Å². The number of rotatable bonds is 3. The number of carbonyl (C=O) groups is 1. The molecule has 0 aliphatic rings. The minimum atomic E-state index is -0.586. The van der Waals surface area contributed by atoms with Crippen LogP contribution < -0.4 is 0 Å². The van der Waals surface area contributed by atoms with Crippen LogP contribution in [0.2, 0.25) is 0 Å². The summed E-state index contributed by atoms with van der Waals surface area (Å²) in [5, 5.41) is 3.17. The Morgan fingerprint density at radius 3 is 2.16 bits per heavy atom. The molecule has 0 saturated carbocycles. The van der Waals surface area contributed by atoms with Crippen LogP contribution in [0.25, 0.3) is 22.1 Å². The van der Waals surface area contributed by atoms with Crippen LogP contribution in [0.4, 0.5) is 0 Å². The highest BCUT2D eigenvalue weighted by molar-refractivity contribution is 6.24. The van der Waals surface area contributed by atoms with Crippen LogP contribution in [0.3, 0.4) is 0 Å². The van der Waals surface area contributed by atoms with Gasteiger partial charge in [0.05, 0.1) is 0 Å². The Bertz CT molecular complexity index is 642. The zero-order valence-electron chi connectivity index (χ0n) is 10.1.